The fourth-order valence-corrected chi connectivity index (χ4v) is 4.21. The van der Waals surface area contributed by atoms with E-state index in [-0.39, 0.29) is 11.8 Å². The molecule has 0 radical (unpaired) electrons. The molecular weight excluding hydrogens is 408 g/mol. The largest absolute Gasteiger partial charge is 0.427 e. The van der Waals surface area contributed by atoms with Crippen LogP contribution in [0.15, 0.2) is 24.3 Å². The predicted octanol–water partition coefficient (Wildman–Crippen LogP) is 9.62. The van der Waals surface area contributed by atoms with E-state index in [2.05, 4.69) is 13.8 Å². The molecule has 0 saturated heterocycles. The van der Waals surface area contributed by atoms with E-state index in [1.807, 2.05) is 0 Å². The number of benzene rings is 1. The SMILES string of the molecule is CCCCCCCCCCCC(=O)Oc1ccc(C(=O)CCCCCCCCCCC)cc1. The van der Waals surface area contributed by atoms with Gasteiger partial charge in [0.1, 0.15) is 5.75 Å². The molecule has 0 N–H and O–H groups in total. The maximum absolute atomic E-state index is 12.4. The molecule has 3 nitrogen and oxygen atoms in total. The average Bonchev–Trinajstić information content (AvgIpc) is 2.82. The zero-order valence-electron chi connectivity index (χ0n) is 21.7. The van der Waals surface area contributed by atoms with Crippen LogP contribution in [-0.2, 0) is 4.79 Å². The van der Waals surface area contributed by atoms with Crippen molar-refractivity contribution in [1.29, 1.82) is 0 Å². The maximum atomic E-state index is 12.4. The van der Waals surface area contributed by atoms with E-state index in [4.69, 9.17) is 4.74 Å². The minimum absolute atomic E-state index is 0.174. The summed E-state index contributed by atoms with van der Waals surface area (Å²) in [6, 6.07) is 7.07. The van der Waals surface area contributed by atoms with Crippen molar-refractivity contribution < 1.29 is 14.3 Å². The van der Waals surface area contributed by atoms with E-state index in [1.54, 1.807) is 24.3 Å². The third kappa shape index (κ3) is 16.6. The number of hydrogen-bond acceptors (Lipinski definition) is 3. The summed E-state index contributed by atoms with van der Waals surface area (Å²) in [4.78, 5) is 24.4. The minimum atomic E-state index is -0.174. The second-order valence-electron chi connectivity index (χ2n) is 9.58. The fourth-order valence-electron chi connectivity index (χ4n) is 4.21. The van der Waals surface area contributed by atoms with E-state index < -0.39 is 0 Å². The molecule has 0 aliphatic rings. The van der Waals surface area contributed by atoms with Crippen molar-refractivity contribution in [2.75, 3.05) is 0 Å². The maximum Gasteiger partial charge on any atom is 0.311 e. The quantitative estimate of drug-likeness (QED) is 0.0751. The lowest BCUT2D eigenvalue weighted by atomic mass is 10.0. The Morgan fingerprint density at radius 3 is 1.39 bits per heavy atom. The summed E-state index contributed by atoms with van der Waals surface area (Å²) in [5, 5.41) is 0. The van der Waals surface area contributed by atoms with Crippen LogP contribution in [0.1, 0.15) is 153 Å². The van der Waals surface area contributed by atoms with E-state index in [9.17, 15) is 9.59 Å². The summed E-state index contributed by atoms with van der Waals surface area (Å²) in [5.41, 5.74) is 0.716. The van der Waals surface area contributed by atoms with Crippen molar-refractivity contribution >= 4 is 11.8 Å². The Labute approximate surface area is 204 Å². The highest BCUT2D eigenvalue weighted by Gasteiger charge is 2.08. The molecule has 33 heavy (non-hydrogen) atoms. The van der Waals surface area contributed by atoms with E-state index in [0.717, 1.165) is 25.7 Å². The van der Waals surface area contributed by atoms with Gasteiger partial charge in [0, 0.05) is 18.4 Å². The smallest absolute Gasteiger partial charge is 0.311 e. The molecule has 0 atom stereocenters. The van der Waals surface area contributed by atoms with Gasteiger partial charge in [-0.05, 0) is 37.1 Å². The lowest BCUT2D eigenvalue weighted by Crippen LogP contribution is -2.07. The highest BCUT2D eigenvalue weighted by molar-refractivity contribution is 5.96. The first-order chi connectivity index (χ1) is 16.2. The first-order valence-electron chi connectivity index (χ1n) is 14.0. The van der Waals surface area contributed by atoms with Crippen molar-refractivity contribution in [2.24, 2.45) is 0 Å². The highest BCUT2D eigenvalue weighted by atomic mass is 16.5. The van der Waals surface area contributed by atoms with Crippen molar-refractivity contribution in [1.82, 2.24) is 0 Å². The van der Waals surface area contributed by atoms with Gasteiger partial charge in [0.2, 0.25) is 0 Å². The Morgan fingerprint density at radius 2 is 0.939 bits per heavy atom. The van der Waals surface area contributed by atoms with Crippen LogP contribution in [0.25, 0.3) is 0 Å². The zero-order chi connectivity index (χ0) is 24.0. The standard InChI is InChI=1S/C30H50O3/c1-3-5-7-9-11-13-15-17-19-21-29(31)27-23-25-28(26-24-27)33-30(32)22-20-18-16-14-12-10-8-6-4-2/h23-26H,3-22H2,1-2H3. The van der Waals surface area contributed by atoms with E-state index in [0.29, 0.717) is 24.2 Å². The Hall–Kier alpha value is -1.64. The molecule has 0 bridgehead atoms. The number of esters is 1. The predicted molar refractivity (Wildman–Crippen MR) is 140 cm³/mol. The Balaban J connectivity index is 2.09. The summed E-state index contributed by atoms with van der Waals surface area (Å²) in [7, 11) is 0. The Kier molecular flexibility index (Phi) is 18.6. The van der Waals surface area contributed by atoms with Gasteiger partial charge in [-0.25, -0.2) is 0 Å². The fraction of sp³-hybridized carbons (Fsp3) is 0.733. The van der Waals surface area contributed by atoms with Crippen LogP contribution in [0.4, 0.5) is 0 Å². The number of ketones is 1. The number of carbonyl (C=O) groups excluding carboxylic acids is 2. The minimum Gasteiger partial charge on any atom is -0.427 e. The molecular formula is C30H50O3. The second kappa shape index (κ2) is 20.9. The molecule has 0 spiro atoms. The van der Waals surface area contributed by atoms with Gasteiger partial charge in [-0.2, -0.15) is 0 Å². The number of unbranched alkanes of at least 4 members (excludes halogenated alkanes) is 16. The van der Waals surface area contributed by atoms with Gasteiger partial charge in [-0.3, -0.25) is 9.59 Å². The van der Waals surface area contributed by atoms with Crippen molar-refractivity contribution in [2.45, 2.75) is 142 Å². The summed E-state index contributed by atoms with van der Waals surface area (Å²) >= 11 is 0. The Morgan fingerprint density at radius 1 is 0.545 bits per heavy atom. The van der Waals surface area contributed by atoms with Gasteiger partial charge in [0.15, 0.2) is 5.78 Å². The van der Waals surface area contributed by atoms with Crippen LogP contribution >= 0.6 is 0 Å². The Bertz CT molecular complexity index is 605. The number of rotatable bonds is 22. The van der Waals surface area contributed by atoms with Gasteiger partial charge < -0.3 is 4.74 Å². The van der Waals surface area contributed by atoms with Gasteiger partial charge in [-0.1, -0.05) is 117 Å². The summed E-state index contributed by atoms with van der Waals surface area (Å²) in [6.07, 6.45) is 23.5. The molecule has 1 rings (SSSR count). The van der Waals surface area contributed by atoms with E-state index >= 15 is 0 Å². The lowest BCUT2D eigenvalue weighted by molar-refractivity contribution is -0.134. The molecule has 1 aromatic rings. The van der Waals surface area contributed by atoms with Crippen molar-refractivity contribution in [3.8, 4) is 5.75 Å². The number of Topliss-reactive ketones (excluding diaryl/α,β-unsaturated/α-hetero) is 1. The van der Waals surface area contributed by atoms with Gasteiger partial charge in [0.25, 0.3) is 0 Å². The highest BCUT2D eigenvalue weighted by Crippen LogP contribution is 2.17. The molecule has 188 valence electrons. The molecule has 0 fully saturated rings. The molecule has 0 aliphatic heterocycles. The van der Waals surface area contributed by atoms with Gasteiger partial charge in [0.05, 0.1) is 0 Å². The number of carbonyl (C=O) groups is 2. The van der Waals surface area contributed by atoms with Crippen LogP contribution in [0.3, 0.4) is 0 Å². The average molecular weight is 459 g/mol. The number of hydrogen-bond donors (Lipinski definition) is 0. The normalized spacial score (nSPS) is 11.0. The van der Waals surface area contributed by atoms with Crippen LogP contribution in [0.2, 0.25) is 0 Å². The molecule has 3 heteroatoms. The van der Waals surface area contributed by atoms with Crippen LogP contribution < -0.4 is 4.74 Å². The molecule has 0 saturated carbocycles. The van der Waals surface area contributed by atoms with Gasteiger partial charge in [-0.15, -0.1) is 0 Å². The molecule has 0 heterocycles. The summed E-state index contributed by atoms with van der Waals surface area (Å²) in [5.74, 6) is 0.549. The number of ether oxygens (including phenoxy) is 1. The zero-order valence-corrected chi connectivity index (χ0v) is 21.7. The van der Waals surface area contributed by atoms with Crippen LogP contribution in [-0.4, -0.2) is 11.8 Å². The molecule has 1 aromatic carbocycles. The van der Waals surface area contributed by atoms with Crippen LogP contribution in [0, 0.1) is 0 Å². The van der Waals surface area contributed by atoms with Crippen molar-refractivity contribution in [3.05, 3.63) is 29.8 Å². The molecule has 0 aromatic heterocycles. The summed E-state index contributed by atoms with van der Waals surface area (Å²) in [6.45, 7) is 4.49. The third-order valence-corrected chi connectivity index (χ3v) is 6.40. The topological polar surface area (TPSA) is 43.4 Å². The molecule has 0 unspecified atom stereocenters. The molecule has 0 amide bonds. The molecule has 0 aliphatic carbocycles. The monoisotopic (exact) mass is 458 g/mol. The summed E-state index contributed by atoms with van der Waals surface area (Å²) < 4.78 is 5.43. The first kappa shape index (κ1) is 29.4. The van der Waals surface area contributed by atoms with Crippen LogP contribution in [0.5, 0.6) is 5.75 Å². The third-order valence-electron chi connectivity index (χ3n) is 6.40. The van der Waals surface area contributed by atoms with E-state index in [1.165, 1.54) is 89.9 Å². The first-order valence-corrected chi connectivity index (χ1v) is 14.0. The van der Waals surface area contributed by atoms with Gasteiger partial charge >= 0.3 is 5.97 Å². The van der Waals surface area contributed by atoms with Crippen molar-refractivity contribution in [3.63, 3.8) is 0 Å². The second-order valence-corrected chi connectivity index (χ2v) is 9.58. The lowest BCUT2D eigenvalue weighted by Gasteiger charge is -2.06.